The normalized spacial score (nSPS) is 12.4. The first-order chi connectivity index (χ1) is 9.56. The molecule has 0 saturated heterocycles. The smallest absolute Gasteiger partial charge is 0.136 e. The number of rotatable bonds is 5. The maximum atomic E-state index is 13.5. The Balaban J connectivity index is 1.94. The first-order valence-corrected chi connectivity index (χ1v) is 7.49. The standard InChI is InChI=1S/C15H14ClF2NS/c16-13-6-5-11(17)7-10(13)8-12(19)9-20-15-4-2-1-3-14(15)18/h1-7,12H,8-9,19H2. The van der Waals surface area contributed by atoms with Gasteiger partial charge in [0.05, 0.1) is 0 Å². The Morgan fingerprint density at radius 3 is 2.65 bits per heavy atom. The molecule has 1 atom stereocenters. The first-order valence-electron chi connectivity index (χ1n) is 6.13. The van der Waals surface area contributed by atoms with Crippen molar-refractivity contribution in [2.45, 2.75) is 17.4 Å². The molecule has 0 bridgehead atoms. The Labute approximate surface area is 126 Å². The van der Waals surface area contributed by atoms with Crippen LogP contribution in [0, 0.1) is 11.6 Å². The largest absolute Gasteiger partial charge is 0.327 e. The lowest BCUT2D eigenvalue weighted by Crippen LogP contribution is -2.25. The molecule has 2 N–H and O–H groups in total. The number of benzene rings is 2. The highest BCUT2D eigenvalue weighted by atomic mass is 35.5. The van der Waals surface area contributed by atoms with Crippen LogP contribution in [-0.4, -0.2) is 11.8 Å². The quantitative estimate of drug-likeness (QED) is 0.834. The van der Waals surface area contributed by atoms with E-state index < -0.39 is 0 Å². The maximum absolute atomic E-state index is 13.5. The van der Waals surface area contributed by atoms with Gasteiger partial charge < -0.3 is 5.73 Å². The average molecular weight is 314 g/mol. The van der Waals surface area contributed by atoms with Crippen molar-refractivity contribution in [1.29, 1.82) is 0 Å². The summed E-state index contributed by atoms with van der Waals surface area (Å²) in [6.07, 6.45) is 0.456. The predicted molar refractivity (Wildman–Crippen MR) is 80.2 cm³/mol. The molecule has 0 spiro atoms. The molecule has 5 heteroatoms. The minimum atomic E-state index is -0.335. The van der Waals surface area contributed by atoms with Crippen LogP contribution in [0.5, 0.6) is 0 Å². The summed E-state index contributed by atoms with van der Waals surface area (Å²) < 4.78 is 26.6. The lowest BCUT2D eigenvalue weighted by atomic mass is 10.1. The van der Waals surface area contributed by atoms with Crippen molar-refractivity contribution >= 4 is 23.4 Å². The molecule has 0 amide bonds. The van der Waals surface area contributed by atoms with Gasteiger partial charge in [-0.3, -0.25) is 0 Å². The van der Waals surface area contributed by atoms with Gasteiger partial charge in [0.2, 0.25) is 0 Å². The third-order valence-electron chi connectivity index (χ3n) is 2.78. The summed E-state index contributed by atoms with van der Waals surface area (Å²) in [7, 11) is 0. The predicted octanol–water partition coefficient (Wildman–Crippen LogP) is 4.28. The molecule has 2 aromatic rings. The molecule has 0 aliphatic rings. The van der Waals surface area contributed by atoms with Crippen molar-refractivity contribution in [2.24, 2.45) is 5.73 Å². The molecule has 2 rings (SSSR count). The zero-order valence-corrected chi connectivity index (χ0v) is 12.2. The molecule has 0 aliphatic heterocycles. The van der Waals surface area contributed by atoms with Gasteiger partial charge >= 0.3 is 0 Å². The van der Waals surface area contributed by atoms with E-state index in [1.54, 1.807) is 18.2 Å². The third kappa shape index (κ3) is 4.20. The fraction of sp³-hybridized carbons (Fsp3) is 0.200. The molecule has 0 radical (unpaired) electrons. The van der Waals surface area contributed by atoms with Crippen LogP contribution in [-0.2, 0) is 6.42 Å². The van der Waals surface area contributed by atoms with E-state index in [1.807, 2.05) is 0 Å². The first kappa shape index (κ1) is 15.3. The van der Waals surface area contributed by atoms with Crippen molar-refractivity contribution in [3.8, 4) is 0 Å². The molecular weight excluding hydrogens is 300 g/mol. The number of hydrogen-bond donors (Lipinski definition) is 1. The Hall–Kier alpha value is -1.10. The number of thioether (sulfide) groups is 1. The molecule has 0 fully saturated rings. The Morgan fingerprint density at radius 2 is 1.90 bits per heavy atom. The van der Waals surface area contributed by atoms with Crippen molar-refractivity contribution in [3.05, 3.63) is 64.7 Å². The second-order valence-electron chi connectivity index (χ2n) is 4.44. The van der Waals surface area contributed by atoms with Crippen LogP contribution in [0.2, 0.25) is 5.02 Å². The van der Waals surface area contributed by atoms with Gasteiger partial charge in [-0.25, -0.2) is 8.78 Å². The van der Waals surface area contributed by atoms with E-state index in [2.05, 4.69) is 0 Å². The Morgan fingerprint density at radius 1 is 1.15 bits per heavy atom. The Kier molecular flexibility index (Phi) is 5.40. The molecule has 1 unspecified atom stereocenters. The summed E-state index contributed by atoms with van der Waals surface area (Å²) in [6, 6.07) is 10.5. The Bertz CT molecular complexity index is 592. The third-order valence-corrected chi connectivity index (χ3v) is 4.39. The van der Waals surface area contributed by atoms with E-state index in [9.17, 15) is 8.78 Å². The van der Waals surface area contributed by atoms with Gasteiger partial charge in [-0.05, 0) is 42.3 Å². The highest BCUT2D eigenvalue weighted by Crippen LogP contribution is 2.24. The van der Waals surface area contributed by atoms with Crippen molar-refractivity contribution < 1.29 is 8.78 Å². The lowest BCUT2D eigenvalue weighted by molar-refractivity contribution is 0.601. The van der Waals surface area contributed by atoms with Crippen LogP contribution in [0.25, 0.3) is 0 Å². The van der Waals surface area contributed by atoms with E-state index in [0.29, 0.717) is 27.7 Å². The highest BCUT2D eigenvalue weighted by molar-refractivity contribution is 7.99. The monoisotopic (exact) mass is 313 g/mol. The van der Waals surface area contributed by atoms with Crippen LogP contribution >= 0.6 is 23.4 Å². The van der Waals surface area contributed by atoms with Crippen LogP contribution in [0.15, 0.2) is 47.4 Å². The molecule has 0 aromatic heterocycles. The van der Waals surface area contributed by atoms with E-state index in [0.717, 1.165) is 0 Å². The maximum Gasteiger partial charge on any atom is 0.136 e. The zero-order valence-electron chi connectivity index (χ0n) is 10.7. The minimum absolute atomic E-state index is 0.223. The van der Waals surface area contributed by atoms with Crippen LogP contribution in [0.1, 0.15) is 5.56 Å². The average Bonchev–Trinajstić information content (AvgIpc) is 2.42. The molecule has 0 heterocycles. The van der Waals surface area contributed by atoms with Gasteiger partial charge in [-0.15, -0.1) is 11.8 Å². The molecule has 0 aliphatic carbocycles. The minimum Gasteiger partial charge on any atom is -0.327 e. The molecule has 2 aromatic carbocycles. The number of hydrogen-bond acceptors (Lipinski definition) is 2. The van der Waals surface area contributed by atoms with Crippen molar-refractivity contribution in [2.75, 3.05) is 5.75 Å². The van der Waals surface area contributed by atoms with Crippen molar-refractivity contribution in [3.63, 3.8) is 0 Å². The van der Waals surface area contributed by atoms with Crippen molar-refractivity contribution in [1.82, 2.24) is 0 Å². The summed E-state index contributed by atoms with van der Waals surface area (Å²) in [5, 5.41) is 0.498. The highest BCUT2D eigenvalue weighted by Gasteiger charge is 2.10. The van der Waals surface area contributed by atoms with Crippen LogP contribution in [0.4, 0.5) is 8.78 Å². The summed E-state index contributed by atoms with van der Waals surface area (Å²) in [5.74, 6) is -0.0554. The van der Waals surface area contributed by atoms with Gasteiger partial charge in [0.1, 0.15) is 11.6 Å². The van der Waals surface area contributed by atoms with Gasteiger partial charge in [0.25, 0.3) is 0 Å². The van der Waals surface area contributed by atoms with Gasteiger partial charge in [0, 0.05) is 21.7 Å². The van der Waals surface area contributed by atoms with Gasteiger partial charge in [-0.1, -0.05) is 23.7 Å². The summed E-state index contributed by atoms with van der Waals surface area (Å²) in [4.78, 5) is 0.563. The number of halogens is 3. The van der Waals surface area contributed by atoms with Gasteiger partial charge in [0.15, 0.2) is 0 Å². The summed E-state index contributed by atoms with van der Waals surface area (Å²) >= 11 is 7.34. The summed E-state index contributed by atoms with van der Waals surface area (Å²) in [6.45, 7) is 0. The van der Waals surface area contributed by atoms with Gasteiger partial charge in [-0.2, -0.15) is 0 Å². The fourth-order valence-electron chi connectivity index (χ4n) is 1.80. The molecular formula is C15H14ClF2NS. The second kappa shape index (κ2) is 7.07. The number of nitrogens with two attached hydrogens (primary N) is 1. The van der Waals surface area contributed by atoms with Crippen LogP contribution < -0.4 is 5.73 Å². The zero-order chi connectivity index (χ0) is 14.5. The molecule has 20 heavy (non-hydrogen) atoms. The summed E-state index contributed by atoms with van der Waals surface area (Å²) in [5.41, 5.74) is 6.67. The van der Waals surface area contributed by atoms with E-state index in [1.165, 1.54) is 36.0 Å². The SMILES string of the molecule is NC(CSc1ccccc1F)Cc1cc(F)ccc1Cl. The topological polar surface area (TPSA) is 26.0 Å². The van der Waals surface area contributed by atoms with Crippen LogP contribution in [0.3, 0.4) is 0 Å². The molecule has 1 nitrogen and oxygen atoms in total. The molecule has 0 saturated carbocycles. The lowest BCUT2D eigenvalue weighted by Gasteiger charge is -2.13. The molecule has 106 valence electrons. The van der Waals surface area contributed by atoms with E-state index in [-0.39, 0.29) is 17.7 Å². The van der Waals surface area contributed by atoms with E-state index in [4.69, 9.17) is 17.3 Å². The fourth-order valence-corrected chi connectivity index (χ4v) is 2.89. The van der Waals surface area contributed by atoms with E-state index >= 15 is 0 Å². The second-order valence-corrected chi connectivity index (χ2v) is 5.91.